The number of nitrogens with zero attached hydrogens (tertiary/aromatic N) is 1. The van der Waals surface area contributed by atoms with E-state index in [9.17, 15) is 0 Å². The molecule has 1 nitrogen and oxygen atoms in total. The molecule has 0 fully saturated rings. The highest BCUT2D eigenvalue weighted by atomic mass is 15.0. The maximum atomic E-state index is 2.30. The Hall–Kier alpha value is -0.0400. The minimum absolute atomic E-state index is 0.968. The van der Waals surface area contributed by atoms with Crippen LogP contribution in [0.1, 0.15) is 39.5 Å². The van der Waals surface area contributed by atoms with E-state index < -0.39 is 0 Å². The minimum Gasteiger partial charge on any atom is -0.309 e. The van der Waals surface area contributed by atoms with Crippen molar-refractivity contribution >= 4 is 0 Å². The molecule has 0 aromatic heterocycles. The monoisotopic (exact) mass is 157 g/mol. The summed E-state index contributed by atoms with van der Waals surface area (Å²) in [5.41, 5.74) is 0. The molecule has 68 valence electrons. The lowest BCUT2D eigenvalue weighted by atomic mass is 9.98. The van der Waals surface area contributed by atoms with E-state index in [1.165, 1.54) is 32.2 Å². The molecule has 0 saturated heterocycles. The van der Waals surface area contributed by atoms with Crippen LogP contribution < -0.4 is 0 Å². The molecule has 0 bridgehead atoms. The van der Waals surface area contributed by atoms with Crippen LogP contribution >= 0.6 is 0 Å². The van der Waals surface area contributed by atoms with Gasteiger partial charge in [0.2, 0.25) is 0 Å². The summed E-state index contributed by atoms with van der Waals surface area (Å²) in [5, 5.41) is 0. The first kappa shape index (κ1) is 11.0. The molecule has 0 unspecified atom stereocenters. The van der Waals surface area contributed by atoms with Crippen molar-refractivity contribution in [3.63, 3.8) is 0 Å². The fraction of sp³-hybridized carbons (Fsp3) is 1.00. The van der Waals surface area contributed by atoms with Crippen LogP contribution in [0.3, 0.4) is 0 Å². The Morgan fingerprint density at radius 2 is 1.64 bits per heavy atom. The van der Waals surface area contributed by atoms with Crippen LogP contribution in [-0.2, 0) is 0 Å². The van der Waals surface area contributed by atoms with E-state index in [4.69, 9.17) is 0 Å². The molecule has 0 saturated carbocycles. The van der Waals surface area contributed by atoms with E-state index in [0.29, 0.717) is 0 Å². The van der Waals surface area contributed by atoms with Gasteiger partial charge in [-0.25, -0.2) is 0 Å². The minimum atomic E-state index is 0.968. The fourth-order valence-electron chi connectivity index (χ4n) is 1.39. The van der Waals surface area contributed by atoms with Gasteiger partial charge < -0.3 is 4.90 Å². The quantitative estimate of drug-likeness (QED) is 0.573. The molecule has 0 spiro atoms. The number of hydrogen-bond acceptors (Lipinski definition) is 1. The molecular formula is C10H23N. The van der Waals surface area contributed by atoms with Gasteiger partial charge in [0.05, 0.1) is 0 Å². The predicted octanol–water partition coefficient (Wildman–Crippen LogP) is 2.76. The van der Waals surface area contributed by atoms with Gasteiger partial charge in [0, 0.05) is 0 Å². The lowest BCUT2D eigenvalue weighted by molar-refractivity contribution is 0.357. The molecule has 0 radical (unpaired) electrons. The molecular weight excluding hydrogens is 134 g/mol. The van der Waals surface area contributed by atoms with Crippen LogP contribution in [0.5, 0.6) is 0 Å². The first-order valence-corrected chi connectivity index (χ1v) is 4.85. The molecule has 0 atom stereocenters. The van der Waals surface area contributed by atoms with Gasteiger partial charge in [-0.2, -0.15) is 0 Å². The molecule has 11 heavy (non-hydrogen) atoms. The van der Waals surface area contributed by atoms with E-state index in [1.807, 2.05) is 0 Å². The average Bonchev–Trinajstić information content (AvgIpc) is 1.98. The molecule has 0 heterocycles. The third-order valence-electron chi connectivity index (χ3n) is 2.37. The predicted molar refractivity (Wildman–Crippen MR) is 51.9 cm³/mol. The van der Waals surface area contributed by atoms with Crippen LogP contribution in [0.2, 0.25) is 0 Å². The third-order valence-corrected chi connectivity index (χ3v) is 2.37. The van der Waals surface area contributed by atoms with Gasteiger partial charge in [0.25, 0.3) is 0 Å². The largest absolute Gasteiger partial charge is 0.309 e. The van der Waals surface area contributed by atoms with Crippen LogP contribution in [0.4, 0.5) is 0 Å². The Bertz CT molecular complexity index is 74.9. The molecule has 0 amide bonds. The second-order valence-electron chi connectivity index (χ2n) is 3.63. The van der Waals surface area contributed by atoms with Crippen molar-refractivity contribution in [1.82, 2.24) is 4.90 Å². The van der Waals surface area contributed by atoms with Gasteiger partial charge in [-0.15, -0.1) is 0 Å². The topological polar surface area (TPSA) is 3.24 Å². The van der Waals surface area contributed by atoms with Gasteiger partial charge in [0.1, 0.15) is 0 Å². The van der Waals surface area contributed by atoms with Crippen molar-refractivity contribution in [2.45, 2.75) is 39.5 Å². The Balaban J connectivity index is 3.21. The zero-order valence-electron chi connectivity index (χ0n) is 8.56. The van der Waals surface area contributed by atoms with Crippen molar-refractivity contribution in [3.8, 4) is 0 Å². The van der Waals surface area contributed by atoms with Gasteiger partial charge in [-0.1, -0.05) is 26.7 Å². The van der Waals surface area contributed by atoms with Crippen molar-refractivity contribution in [2.24, 2.45) is 5.92 Å². The summed E-state index contributed by atoms with van der Waals surface area (Å²) in [6, 6.07) is 0. The van der Waals surface area contributed by atoms with Crippen LogP contribution in [0.25, 0.3) is 0 Å². The number of hydrogen-bond donors (Lipinski definition) is 0. The summed E-state index contributed by atoms with van der Waals surface area (Å²) in [7, 11) is 4.29. The Morgan fingerprint density at radius 3 is 2.00 bits per heavy atom. The Labute approximate surface area is 71.8 Å². The molecule has 0 aliphatic rings. The first-order chi connectivity index (χ1) is 5.20. The summed E-state index contributed by atoms with van der Waals surface area (Å²) in [6.45, 7) is 5.84. The Morgan fingerprint density at radius 1 is 1.09 bits per heavy atom. The van der Waals surface area contributed by atoms with E-state index >= 15 is 0 Å². The average molecular weight is 157 g/mol. The molecule has 0 rings (SSSR count). The zero-order valence-corrected chi connectivity index (χ0v) is 8.56. The molecule has 0 aromatic rings. The van der Waals surface area contributed by atoms with Gasteiger partial charge in [-0.3, -0.25) is 0 Å². The molecule has 1 heteroatoms. The summed E-state index contributed by atoms with van der Waals surface area (Å²) < 4.78 is 0. The summed E-state index contributed by atoms with van der Waals surface area (Å²) in [4.78, 5) is 2.27. The second kappa shape index (κ2) is 6.66. The standard InChI is InChI=1S/C10H23N/c1-5-10(6-2)8-7-9-11(3)4/h10H,5-9H2,1-4H3. The highest BCUT2D eigenvalue weighted by molar-refractivity contribution is 4.55. The van der Waals surface area contributed by atoms with Gasteiger partial charge in [-0.05, 0) is 39.4 Å². The fourth-order valence-corrected chi connectivity index (χ4v) is 1.39. The highest BCUT2D eigenvalue weighted by Gasteiger charge is 2.02. The van der Waals surface area contributed by atoms with E-state index in [1.54, 1.807) is 0 Å². The SMILES string of the molecule is CCC(CC)CCCN(C)C. The highest BCUT2D eigenvalue weighted by Crippen LogP contribution is 2.14. The van der Waals surface area contributed by atoms with Crippen molar-refractivity contribution in [1.29, 1.82) is 0 Å². The lowest BCUT2D eigenvalue weighted by Gasteiger charge is -2.14. The van der Waals surface area contributed by atoms with Gasteiger partial charge in [0.15, 0.2) is 0 Å². The normalized spacial score (nSPS) is 11.5. The summed E-state index contributed by atoms with van der Waals surface area (Å²) in [5.74, 6) is 0.968. The summed E-state index contributed by atoms with van der Waals surface area (Å²) >= 11 is 0. The molecule has 0 aliphatic carbocycles. The Kier molecular flexibility index (Phi) is 6.63. The third kappa shape index (κ3) is 6.36. The van der Waals surface area contributed by atoms with Crippen molar-refractivity contribution in [2.75, 3.05) is 20.6 Å². The molecule has 0 aliphatic heterocycles. The molecule has 0 aromatic carbocycles. The zero-order chi connectivity index (χ0) is 8.69. The second-order valence-corrected chi connectivity index (χ2v) is 3.63. The van der Waals surface area contributed by atoms with Gasteiger partial charge >= 0.3 is 0 Å². The number of rotatable bonds is 6. The smallest absolute Gasteiger partial charge is 0.00247 e. The summed E-state index contributed by atoms with van der Waals surface area (Å²) in [6.07, 6.45) is 5.47. The first-order valence-electron chi connectivity index (χ1n) is 4.85. The van der Waals surface area contributed by atoms with Crippen LogP contribution in [0.15, 0.2) is 0 Å². The van der Waals surface area contributed by atoms with E-state index in [-0.39, 0.29) is 0 Å². The van der Waals surface area contributed by atoms with Crippen LogP contribution in [-0.4, -0.2) is 25.5 Å². The van der Waals surface area contributed by atoms with Crippen molar-refractivity contribution in [3.05, 3.63) is 0 Å². The van der Waals surface area contributed by atoms with Crippen molar-refractivity contribution < 1.29 is 0 Å². The maximum Gasteiger partial charge on any atom is -0.00247 e. The molecule has 0 N–H and O–H groups in total. The van der Waals surface area contributed by atoms with E-state index in [0.717, 1.165) is 5.92 Å². The lowest BCUT2D eigenvalue weighted by Crippen LogP contribution is -2.14. The maximum absolute atomic E-state index is 2.30. The van der Waals surface area contributed by atoms with Crippen LogP contribution in [0, 0.1) is 5.92 Å². The van der Waals surface area contributed by atoms with E-state index in [2.05, 4.69) is 32.8 Å².